The van der Waals surface area contributed by atoms with E-state index in [2.05, 4.69) is 41.6 Å². The minimum atomic E-state index is 0.205. The maximum absolute atomic E-state index is 5.89. The predicted molar refractivity (Wildman–Crippen MR) is 82.9 cm³/mol. The first-order chi connectivity index (χ1) is 9.79. The van der Waals surface area contributed by atoms with Crippen molar-refractivity contribution in [3.8, 4) is 0 Å². The summed E-state index contributed by atoms with van der Waals surface area (Å²) in [6.45, 7) is 2.35. The van der Waals surface area contributed by atoms with Crippen molar-refractivity contribution in [2.75, 3.05) is 0 Å². The van der Waals surface area contributed by atoms with Gasteiger partial charge in [0.15, 0.2) is 0 Å². The lowest BCUT2D eigenvalue weighted by molar-refractivity contribution is 0.225. The topological polar surface area (TPSA) is 50.9 Å². The first-order valence-corrected chi connectivity index (χ1v) is 7.58. The van der Waals surface area contributed by atoms with Gasteiger partial charge in [0.2, 0.25) is 0 Å². The number of fused-ring (bicyclic) bond motifs is 1. The highest BCUT2D eigenvalue weighted by Gasteiger charge is 2.28. The van der Waals surface area contributed by atoms with Crippen LogP contribution in [0, 0.1) is 11.8 Å². The van der Waals surface area contributed by atoms with E-state index in [0.29, 0.717) is 5.92 Å². The summed E-state index contributed by atoms with van der Waals surface area (Å²) in [4.78, 5) is 4.40. The molecule has 1 heterocycles. The Morgan fingerprint density at radius 2 is 2.10 bits per heavy atom. The van der Waals surface area contributed by atoms with Crippen LogP contribution in [-0.2, 0) is 0 Å². The van der Waals surface area contributed by atoms with E-state index in [0.717, 1.165) is 5.92 Å². The number of rotatable bonds is 3. The van der Waals surface area contributed by atoms with Crippen LogP contribution in [-0.4, -0.2) is 4.98 Å². The van der Waals surface area contributed by atoms with Crippen molar-refractivity contribution >= 4 is 10.8 Å². The van der Waals surface area contributed by atoms with Crippen LogP contribution in [0.15, 0.2) is 36.7 Å². The first kappa shape index (κ1) is 13.5. The van der Waals surface area contributed by atoms with E-state index in [1.165, 1.54) is 42.0 Å². The molecule has 20 heavy (non-hydrogen) atoms. The maximum Gasteiger partial charge on any atom is 0.0509 e. The van der Waals surface area contributed by atoms with Crippen molar-refractivity contribution in [1.29, 1.82) is 0 Å². The number of hydrogen-bond donors (Lipinski definition) is 2. The van der Waals surface area contributed by atoms with Crippen molar-refractivity contribution in [2.45, 2.75) is 38.6 Å². The molecule has 3 heteroatoms. The van der Waals surface area contributed by atoms with Crippen molar-refractivity contribution < 1.29 is 0 Å². The SMILES string of the molecule is CC1CCCC(C(NN)c2cncc3ccccc23)C1. The van der Waals surface area contributed by atoms with Crippen molar-refractivity contribution in [3.63, 3.8) is 0 Å². The van der Waals surface area contributed by atoms with Gasteiger partial charge in [0, 0.05) is 17.8 Å². The third-order valence-electron chi connectivity index (χ3n) is 4.66. The maximum atomic E-state index is 5.89. The Hall–Kier alpha value is -1.45. The Bertz CT molecular complexity index is 576. The van der Waals surface area contributed by atoms with Gasteiger partial charge >= 0.3 is 0 Å². The van der Waals surface area contributed by atoms with Crippen LogP contribution in [0.2, 0.25) is 0 Å². The highest BCUT2D eigenvalue weighted by atomic mass is 15.2. The normalized spacial score (nSPS) is 24.7. The molecule has 3 rings (SSSR count). The molecule has 1 aliphatic rings. The van der Waals surface area contributed by atoms with E-state index >= 15 is 0 Å². The molecule has 0 aliphatic heterocycles. The van der Waals surface area contributed by atoms with Crippen LogP contribution in [0.1, 0.15) is 44.2 Å². The predicted octanol–water partition coefficient (Wildman–Crippen LogP) is 3.57. The smallest absolute Gasteiger partial charge is 0.0509 e. The number of hydrogen-bond acceptors (Lipinski definition) is 3. The molecule has 0 radical (unpaired) electrons. The van der Waals surface area contributed by atoms with E-state index in [-0.39, 0.29) is 6.04 Å². The van der Waals surface area contributed by atoms with E-state index in [4.69, 9.17) is 5.84 Å². The first-order valence-electron chi connectivity index (χ1n) is 7.58. The molecule has 1 aliphatic carbocycles. The van der Waals surface area contributed by atoms with Gasteiger partial charge in [-0.3, -0.25) is 16.3 Å². The van der Waals surface area contributed by atoms with Crippen LogP contribution < -0.4 is 11.3 Å². The molecule has 1 aromatic heterocycles. The molecule has 106 valence electrons. The molecule has 0 amide bonds. The summed E-state index contributed by atoms with van der Waals surface area (Å²) in [6.07, 6.45) is 9.06. The summed E-state index contributed by atoms with van der Waals surface area (Å²) >= 11 is 0. The van der Waals surface area contributed by atoms with Crippen LogP contribution in [0.4, 0.5) is 0 Å². The van der Waals surface area contributed by atoms with Gasteiger partial charge in [-0.05, 0) is 35.6 Å². The molecule has 0 bridgehead atoms. The van der Waals surface area contributed by atoms with Crippen molar-refractivity contribution in [1.82, 2.24) is 10.4 Å². The summed E-state index contributed by atoms with van der Waals surface area (Å²) in [6, 6.07) is 8.63. The number of nitrogens with two attached hydrogens (primary N) is 1. The largest absolute Gasteiger partial charge is 0.271 e. The second-order valence-corrected chi connectivity index (χ2v) is 6.13. The lowest BCUT2D eigenvalue weighted by atomic mass is 9.76. The fraction of sp³-hybridized carbons (Fsp3) is 0.471. The summed E-state index contributed by atoms with van der Waals surface area (Å²) < 4.78 is 0. The number of hydrazine groups is 1. The minimum Gasteiger partial charge on any atom is -0.271 e. The Kier molecular flexibility index (Phi) is 3.99. The zero-order valence-electron chi connectivity index (χ0n) is 12.0. The molecule has 1 aromatic carbocycles. The van der Waals surface area contributed by atoms with Gasteiger partial charge in [0.05, 0.1) is 6.04 Å². The molecule has 1 saturated carbocycles. The fourth-order valence-electron chi connectivity index (χ4n) is 3.65. The highest BCUT2D eigenvalue weighted by Crippen LogP contribution is 2.38. The van der Waals surface area contributed by atoms with E-state index in [9.17, 15) is 0 Å². The zero-order valence-corrected chi connectivity index (χ0v) is 12.0. The number of nitrogens with one attached hydrogen (secondary N) is 1. The fourth-order valence-corrected chi connectivity index (χ4v) is 3.65. The molecule has 1 fully saturated rings. The summed E-state index contributed by atoms with van der Waals surface area (Å²) in [7, 11) is 0. The van der Waals surface area contributed by atoms with Crippen LogP contribution >= 0.6 is 0 Å². The summed E-state index contributed by atoms with van der Waals surface area (Å²) in [5.41, 5.74) is 4.30. The second-order valence-electron chi connectivity index (χ2n) is 6.13. The zero-order chi connectivity index (χ0) is 13.9. The Morgan fingerprint density at radius 3 is 2.90 bits per heavy atom. The third-order valence-corrected chi connectivity index (χ3v) is 4.66. The molecule has 3 atom stereocenters. The van der Waals surface area contributed by atoms with Gasteiger partial charge in [0.1, 0.15) is 0 Å². The molecule has 0 saturated heterocycles. The van der Waals surface area contributed by atoms with Gasteiger partial charge in [-0.15, -0.1) is 0 Å². The Morgan fingerprint density at radius 1 is 1.25 bits per heavy atom. The van der Waals surface area contributed by atoms with Gasteiger partial charge < -0.3 is 0 Å². The molecule has 3 unspecified atom stereocenters. The van der Waals surface area contributed by atoms with E-state index in [1.54, 1.807) is 0 Å². The van der Waals surface area contributed by atoms with Crippen LogP contribution in [0.25, 0.3) is 10.8 Å². The number of benzene rings is 1. The molecule has 2 aromatic rings. The number of aromatic nitrogens is 1. The monoisotopic (exact) mass is 269 g/mol. The average Bonchev–Trinajstić information content (AvgIpc) is 2.48. The van der Waals surface area contributed by atoms with E-state index < -0.39 is 0 Å². The van der Waals surface area contributed by atoms with Crippen molar-refractivity contribution in [2.24, 2.45) is 17.7 Å². The quantitative estimate of drug-likeness (QED) is 0.661. The molecule has 3 nitrogen and oxygen atoms in total. The van der Waals surface area contributed by atoms with Gasteiger partial charge in [-0.2, -0.15) is 0 Å². The Balaban J connectivity index is 1.98. The number of nitrogens with zero attached hydrogens (tertiary/aromatic N) is 1. The van der Waals surface area contributed by atoms with Gasteiger partial charge in [0.25, 0.3) is 0 Å². The molecular weight excluding hydrogens is 246 g/mol. The summed E-state index contributed by atoms with van der Waals surface area (Å²) in [5, 5.41) is 2.46. The lowest BCUT2D eigenvalue weighted by Gasteiger charge is -2.33. The second kappa shape index (κ2) is 5.90. The third kappa shape index (κ3) is 2.56. The molecule has 0 spiro atoms. The van der Waals surface area contributed by atoms with Crippen LogP contribution in [0.5, 0.6) is 0 Å². The van der Waals surface area contributed by atoms with E-state index in [1.807, 2.05) is 12.4 Å². The average molecular weight is 269 g/mol. The standard InChI is InChI=1S/C17H23N3/c1-12-5-4-7-13(9-12)17(20-18)16-11-19-10-14-6-2-3-8-15(14)16/h2-3,6,8,10-13,17,20H,4-5,7,9,18H2,1H3. The van der Waals surface area contributed by atoms with Gasteiger partial charge in [-0.25, -0.2) is 0 Å². The molecule has 3 N–H and O–H groups in total. The number of pyridine rings is 1. The van der Waals surface area contributed by atoms with Crippen molar-refractivity contribution in [3.05, 3.63) is 42.2 Å². The molecular formula is C17H23N3. The minimum absolute atomic E-state index is 0.205. The van der Waals surface area contributed by atoms with Crippen LogP contribution in [0.3, 0.4) is 0 Å². The summed E-state index contributed by atoms with van der Waals surface area (Å²) in [5.74, 6) is 7.30. The van der Waals surface area contributed by atoms with Gasteiger partial charge in [-0.1, -0.05) is 44.0 Å². The Labute approximate surface area is 120 Å². The highest BCUT2D eigenvalue weighted by molar-refractivity contribution is 5.85. The lowest BCUT2D eigenvalue weighted by Crippen LogP contribution is -2.35.